The first kappa shape index (κ1) is 13.3. The first-order valence-corrected chi connectivity index (χ1v) is 7.89. The lowest BCUT2D eigenvalue weighted by atomic mass is 10.0. The zero-order valence-electron chi connectivity index (χ0n) is 11.3. The number of aryl methyl sites for hydroxylation is 1. The molecule has 0 bridgehead atoms. The number of benzene rings is 1. The molecule has 104 valence electrons. The van der Waals surface area contributed by atoms with Crippen LogP contribution in [-0.4, -0.2) is 12.5 Å². The van der Waals surface area contributed by atoms with Gasteiger partial charge in [0.2, 0.25) is 5.91 Å². The largest absolute Gasteiger partial charge is 0.326 e. The Bertz CT molecular complexity index is 593. The summed E-state index contributed by atoms with van der Waals surface area (Å²) in [6.45, 7) is 1.94. The maximum Gasteiger partial charge on any atom is 0.224 e. The summed E-state index contributed by atoms with van der Waals surface area (Å²) in [6.07, 6.45) is 2.41. The molecular formula is C16H18N2OS. The summed E-state index contributed by atoms with van der Waals surface area (Å²) in [4.78, 5) is 12.0. The molecule has 0 fully saturated rings. The Morgan fingerprint density at radius 1 is 1.30 bits per heavy atom. The van der Waals surface area contributed by atoms with E-state index < -0.39 is 0 Å². The van der Waals surface area contributed by atoms with E-state index in [1.165, 1.54) is 16.7 Å². The molecule has 1 aliphatic rings. The van der Waals surface area contributed by atoms with E-state index in [9.17, 15) is 4.79 Å². The first-order valence-electron chi connectivity index (χ1n) is 6.95. The second kappa shape index (κ2) is 6.20. The second-order valence-electron chi connectivity index (χ2n) is 5.09. The van der Waals surface area contributed by atoms with Crippen LogP contribution < -0.4 is 10.6 Å². The van der Waals surface area contributed by atoms with Gasteiger partial charge < -0.3 is 10.6 Å². The molecule has 1 aromatic heterocycles. The molecule has 1 aromatic carbocycles. The lowest BCUT2D eigenvalue weighted by Crippen LogP contribution is -2.23. The molecule has 2 N–H and O–H groups in total. The molecule has 1 amide bonds. The van der Waals surface area contributed by atoms with Crippen LogP contribution in [0.3, 0.4) is 0 Å². The SMILES string of the molecule is O=C(CCc1ccsc1)Nc1ccc2c(c1)CNCC2. The molecule has 3 nitrogen and oxygen atoms in total. The van der Waals surface area contributed by atoms with Gasteiger partial charge in [0.1, 0.15) is 0 Å². The Morgan fingerprint density at radius 3 is 3.10 bits per heavy atom. The molecule has 0 spiro atoms. The normalized spacial score (nSPS) is 13.8. The zero-order valence-corrected chi connectivity index (χ0v) is 12.1. The minimum absolute atomic E-state index is 0.0833. The Hall–Kier alpha value is -1.65. The van der Waals surface area contributed by atoms with Crippen molar-refractivity contribution in [1.82, 2.24) is 5.32 Å². The molecule has 0 unspecified atom stereocenters. The maximum atomic E-state index is 12.0. The van der Waals surface area contributed by atoms with Gasteiger partial charge in [-0.25, -0.2) is 0 Å². The highest BCUT2D eigenvalue weighted by molar-refractivity contribution is 7.07. The van der Waals surface area contributed by atoms with Crippen molar-refractivity contribution in [2.45, 2.75) is 25.8 Å². The van der Waals surface area contributed by atoms with Crippen LogP contribution in [0.15, 0.2) is 35.0 Å². The van der Waals surface area contributed by atoms with Crippen molar-refractivity contribution in [3.63, 3.8) is 0 Å². The van der Waals surface area contributed by atoms with E-state index >= 15 is 0 Å². The summed E-state index contributed by atoms with van der Waals surface area (Å²) in [7, 11) is 0. The third kappa shape index (κ3) is 3.26. The summed E-state index contributed by atoms with van der Waals surface area (Å²) in [5.41, 5.74) is 4.83. The van der Waals surface area contributed by atoms with Crippen LogP contribution in [0, 0.1) is 0 Å². The van der Waals surface area contributed by atoms with Crippen LogP contribution in [0.1, 0.15) is 23.1 Å². The maximum absolute atomic E-state index is 12.0. The molecule has 4 heteroatoms. The number of carbonyl (C=O) groups is 1. The molecule has 0 saturated heterocycles. The van der Waals surface area contributed by atoms with Crippen LogP contribution in [-0.2, 0) is 24.2 Å². The number of fused-ring (bicyclic) bond motifs is 1. The molecule has 0 atom stereocenters. The lowest BCUT2D eigenvalue weighted by molar-refractivity contribution is -0.116. The predicted octanol–water partition coefficient (Wildman–Crippen LogP) is 2.97. The Balaban J connectivity index is 1.58. The lowest BCUT2D eigenvalue weighted by Gasteiger charge is -2.18. The monoisotopic (exact) mass is 286 g/mol. The van der Waals surface area contributed by atoms with Gasteiger partial charge in [-0.05, 0) is 65.0 Å². The van der Waals surface area contributed by atoms with Crippen molar-refractivity contribution < 1.29 is 4.79 Å². The average Bonchev–Trinajstić information content (AvgIpc) is 2.98. The first-order chi connectivity index (χ1) is 9.81. The highest BCUT2D eigenvalue weighted by Crippen LogP contribution is 2.19. The van der Waals surface area contributed by atoms with Gasteiger partial charge in [0.05, 0.1) is 0 Å². The highest BCUT2D eigenvalue weighted by Gasteiger charge is 2.10. The average molecular weight is 286 g/mol. The molecule has 1 aliphatic heterocycles. The number of hydrogen-bond donors (Lipinski definition) is 2. The molecule has 0 radical (unpaired) electrons. The summed E-state index contributed by atoms with van der Waals surface area (Å²) in [5.74, 6) is 0.0833. The van der Waals surface area contributed by atoms with Crippen molar-refractivity contribution in [3.8, 4) is 0 Å². The fourth-order valence-electron chi connectivity index (χ4n) is 2.47. The minimum Gasteiger partial charge on any atom is -0.326 e. The van der Waals surface area contributed by atoms with Crippen LogP contribution >= 0.6 is 11.3 Å². The molecule has 2 aromatic rings. The summed E-state index contributed by atoms with van der Waals surface area (Å²) >= 11 is 1.67. The van der Waals surface area contributed by atoms with Crippen LogP contribution in [0.25, 0.3) is 0 Å². The third-order valence-corrected chi connectivity index (χ3v) is 4.33. The van der Waals surface area contributed by atoms with Crippen LogP contribution in [0.5, 0.6) is 0 Å². The number of amides is 1. The van der Waals surface area contributed by atoms with Gasteiger partial charge in [0.25, 0.3) is 0 Å². The van der Waals surface area contributed by atoms with E-state index in [1.54, 1.807) is 11.3 Å². The number of thiophene rings is 1. The number of anilines is 1. The molecule has 3 rings (SSSR count). The minimum atomic E-state index is 0.0833. The number of carbonyl (C=O) groups excluding carboxylic acids is 1. The summed E-state index contributed by atoms with van der Waals surface area (Å²) in [6, 6.07) is 8.30. The zero-order chi connectivity index (χ0) is 13.8. The van der Waals surface area contributed by atoms with Crippen molar-refractivity contribution in [2.75, 3.05) is 11.9 Å². The van der Waals surface area contributed by atoms with Crippen molar-refractivity contribution >= 4 is 22.9 Å². The highest BCUT2D eigenvalue weighted by atomic mass is 32.1. The van der Waals surface area contributed by atoms with E-state index in [0.29, 0.717) is 6.42 Å². The van der Waals surface area contributed by atoms with Gasteiger partial charge >= 0.3 is 0 Å². The van der Waals surface area contributed by atoms with Gasteiger partial charge in [-0.2, -0.15) is 11.3 Å². The van der Waals surface area contributed by atoms with Gasteiger partial charge in [-0.3, -0.25) is 4.79 Å². The quantitative estimate of drug-likeness (QED) is 0.907. The van der Waals surface area contributed by atoms with Crippen molar-refractivity contribution in [1.29, 1.82) is 0 Å². The van der Waals surface area contributed by atoms with Gasteiger partial charge in [0.15, 0.2) is 0 Å². The van der Waals surface area contributed by atoms with Crippen molar-refractivity contribution in [3.05, 3.63) is 51.7 Å². The number of hydrogen-bond acceptors (Lipinski definition) is 3. The molecule has 2 heterocycles. The molecule has 20 heavy (non-hydrogen) atoms. The van der Waals surface area contributed by atoms with E-state index in [-0.39, 0.29) is 5.91 Å². The topological polar surface area (TPSA) is 41.1 Å². The van der Waals surface area contributed by atoms with Crippen molar-refractivity contribution in [2.24, 2.45) is 0 Å². The molecular weight excluding hydrogens is 268 g/mol. The van der Waals surface area contributed by atoms with E-state index in [2.05, 4.69) is 34.2 Å². The molecule has 0 aliphatic carbocycles. The van der Waals surface area contributed by atoms with E-state index in [0.717, 1.165) is 31.6 Å². The smallest absolute Gasteiger partial charge is 0.224 e. The Kier molecular flexibility index (Phi) is 4.14. The fourth-order valence-corrected chi connectivity index (χ4v) is 3.18. The third-order valence-electron chi connectivity index (χ3n) is 3.60. The Morgan fingerprint density at radius 2 is 2.25 bits per heavy atom. The van der Waals surface area contributed by atoms with Gasteiger partial charge in [-0.15, -0.1) is 0 Å². The number of rotatable bonds is 4. The predicted molar refractivity (Wildman–Crippen MR) is 83.1 cm³/mol. The van der Waals surface area contributed by atoms with E-state index in [1.807, 2.05) is 11.4 Å². The van der Waals surface area contributed by atoms with Gasteiger partial charge in [0, 0.05) is 18.7 Å². The summed E-state index contributed by atoms with van der Waals surface area (Å²) in [5, 5.41) is 10.5. The summed E-state index contributed by atoms with van der Waals surface area (Å²) < 4.78 is 0. The molecule has 0 saturated carbocycles. The van der Waals surface area contributed by atoms with E-state index in [4.69, 9.17) is 0 Å². The van der Waals surface area contributed by atoms with Crippen LogP contribution in [0.2, 0.25) is 0 Å². The second-order valence-corrected chi connectivity index (χ2v) is 5.87. The van der Waals surface area contributed by atoms with Gasteiger partial charge in [-0.1, -0.05) is 6.07 Å². The Labute approximate surface area is 123 Å². The number of nitrogens with one attached hydrogen (secondary N) is 2. The fraction of sp³-hybridized carbons (Fsp3) is 0.312. The standard InChI is InChI=1S/C16H18N2OS/c19-16(4-1-12-6-8-20-11-12)18-15-3-2-13-5-7-17-10-14(13)9-15/h2-3,6,8-9,11,17H,1,4-5,7,10H2,(H,18,19). The van der Waals surface area contributed by atoms with Crippen LogP contribution in [0.4, 0.5) is 5.69 Å².